The van der Waals surface area contributed by atoms with E-state index < -0.39 is 11.9 Å². The van der Waals surface area contributed by atoms with Crippen molar-refractivity contribution in [3.63, 3.8) is 0 Å². The number of carbonyl (C=O) groups excluding carboxylic acids is 2. The molecule has 0 radical (unpaired) electrons. The fourth-order valence-corrected chi connectivity index (χ4v) is 1.85. The van der Waals surface area contributed by atoms with Crippen molar-refractivity contribution in [3.8, 4) is 0 Å². The van der Waals surface area contributed by atoms with Crippen LogP contribution in [-0.2, 0) is 9.59 Å². The first kappa shape index (κ1) is 28.0. The summed E-state index contributed by atoms with van der Waals surface area (Å²) in [4.78, 5) is 20.0. The van der Waals surface area contributed by atoms with Crippen molar-refractivity contribution in [2.45, 2.75) is 92.9 Å². The van der Waals surface area contributed by atoms with E-state index in [4.69, 9.17) is 0 Å². The van der Waals surface area contributed by atoms with Gasteiger partial charge in [-0.25, -0.2) is 0 Å². The van der Waals surface area contributed by atoms with Gasteiger partial charge in [0.1, 0.15) is 0 Å². The third-order valence-corrected chi connectivity index (χ3v) is 3.12. The Morgan fingerprint density at radius 1 is 0.652 bits per heavy atom. The van der Waals surface area contributed by atoms with E-state index in [-0.39, 0.29) is 50.6 Å². The summed E-state index contributed by atoms with van der Waals surface area (Å²) in [6, 6.07) is 0. The molecular formula is C18H34CaO4. The predicted molar refractivity (Wildman–Crippen MR) is 91.6 cm³/mol. The second kappa shape index (κ2) is 14.5. The van der Waals surface area contributed by atoms with Gasteiger partial charge in [-0.3, -0.25) is 0 Å². The molecule has 0 saturated carbocycles. The van der Waals surface area contributed by atoms with Gasteiger partial charge in [-0.15, -0.1) is 0 Å². The molecule has 0 saturated heterocycles. The second-order valence-electron chi connectivity index (χ2n) is 8.28. The van der Waals surface area contributed by atoms with Crippen LogP contribution in [0.1, 0.15) is 92.9 Å². The van der Waals surface area contributed by atoms with E-state index in [1.54, 1.807) is 0 Å². The molecule has 0 spiro atoms. The normalized spacial score (nSPS) is 11.0. The summed E-state index contributed by atoms with van der Waals surface area (Å²) in [5.74, 6) is -1.86. The van der Waals surface area contributed by atoms with Gasteiger partial charge >= 0.3 is 37.7 Å². The minimum Gasteiger partial charge on any atom is -0.550 e. The van der Waals surface area contributed by atoms with Crippen LogP contribution in [0.4, 0.5) is 0 Å². The average Bonchev–Trinajstić information content (AvgIpc) is 2.28. The van der Waals surface area contributed by atoms with Crippen LogP contribution >= 0.6 is 0 Å². The number of rotatable bonds is 8. The van der Waals surface area contributed by atoms with E-state index in [0.717, 1.165) is 38.5 Å². The van der Waals surface area contributed by atoms with E-state index in [2.05, 4.69) is 41.5 Å². The van der Waals surface area contributed by atoms with Crippen LogP contribution in [-0.4, -0.2) is 49.7 Å². The van der Waals surface area contributed by atoms with Crippen molar-refractivity contribution in [2.24, 2.45) is 10.8 Å². The van der Waals surface area contributed by atoms with Crippen LogP contribution in [0.5, 0.6) is 0 Å². The largest absolute Gasteiger partial charge is 2.00 e. The summed E-state index contributed by atoms with van der Waals surface area (Å²) in [6.07, 6.45) is 6.04. The zero-order valence-corrected chi connectivity index (χ0v) is 18.2. The van der Waals surface area contributed by atoms with Crippen molar-refractivity contribution in [1.29, 1.82) is 0 Å². The standard InChI is InChI=1S/2C9H18O2.Ca/c2*1-9(2,3)7-5-4-6-8(10)11;/h2*4-7H2,1-3H3,(H,10,11);/q;;+2/p-2. The molecule has 0 N–H and O–H groups in total. The second-order valence-corrected chi connectivity index (χ2v) is 8.28. The van der Waals surface area contributed by atoms with E-state index in [1.165, 1.54) is 0 Å². The minimum absolute atomic E-state index is 0. The van der Waals surface area contributed by atoms with Gasteiger partial charge in [-0.2, -0.15) is 0 Å². The van der Waals surface area contributed by atoms with Crippen LogP contribution in [0.15, 0.2) is 0 Å². The molecule has 0 bridgehead atoms. The number of hydrogen-bond donors (Lipinski definition) is 0. The maximum atomic E-state index is 10.0. The zero-order valence-electron chi connectivity index (χ0n) is 16.0. The smallest absolute Gasteiger partial charge is 0.550 e. The van der Waals surface area contributed by atoms with Crippen LogP contribution in [0, 0.1) is 10.8 Å². The summed E-state index contributed by atoms with van der Waals surface area (Å²) < 4.78 is 0. The third kappa shape index (κ3) is 34.5. The Hall–Kier alpha value is 0.200. The Kier molecular flexibility index (Phi) is 17.7. The number of unbranched alkanes of at least 4 members (excludes halogenated alkanes) is 2. The first-order chi connectivity index (χ1) is 9.83. The molecule has 132 valence electrons. The minimum atomic E-state index is -0.932. The van der Waals surface area contributed by atoms with Gasteiger partial charge in [-0.1, -0.05) is 54.4 Å². The summed E-state index contributed by atoms with van der Waals surface area (Å²) >= 11 is 0. The Bertz CT molecular complexity index is 282. The van der Waals surface area contributed by atoms with Gasteiger partial charge in [0.05, 0.1) is 0 Å². The predicted octanol–water partition coefficient (Wildman–Crippen LogP) is 2.30. The first-order valence-electron chi connectivity index (χ1n) is 8.23. The van der Waals surface area contributed by atoms with Crippen molar-refractivity contribution in [1.82, 2.24) is 0 Å². The van der Waals surface area contributed by atoms with Gasteiger partial charge in [-0.05, 0) is 49.4 Å². The Morgan fingerprint density at radius 3 is 1.09 bits per heavy atom. The fourth-order valence-electron chi connectivity index (χ4n) is 1.85. The SMILES string of the molecule is CC(C)(C)CCCCC(=O)[O-].CC(C)(C)CCCCC(=O)[O-].[Ca+2]. The number of aliphatic carboxylic acids is 2. The molecule has 0 aliphatic carbocycles. The quantitative estimate of drug-likeness (QED) is 0.495. The van der Waals surface area contributed by atoms with Gasteiger partial charge in [0.2, 0.25) is 0 Å². The maximum absolute atomic E-state index is 10.0. The number of carboxylic acid groups (broad SMARTS) is 2. The summed E-state index contributed by atoms with van der Waals surface area (Å²) in [7, 11) is 0. The van der Waals surface area contributed by atoms with Crippen LogP contribution < -0.4 is 10.2 Å². The maximum Gasteiger partial charge on any atom is 2.00 e. The van der Waals surface area contributed by atoms with Crippen molar-refractivity contribution in [2.75, 3.05) is 0 Å². The number of carbonyl (C=O) groups is 2. The van der Waals surface area contributed by atoms with Crippen molar-refractivity contribution >= 4 is 49.7 Å². The van der Waals surface area contributed by atoms with Gasteiger partial charge < -0.3 is 19.8 Å². The Balaban J connectivity index is -0.000000333. The summed E-state index contributed by atoms with van der Waals surface area (Å²) in [5.41, 5.74) is 0.651. The topological polar surface area (TPSA) is 80.3 Å². The van der Waals surface area contributed by atoms with Crippen LogP contribution in [0.3, 0.4) is 0 Å². The molecule has 0 aromatic heterocycles. The van der Waals surface area contributed by atoms with Crippen molar-refractivity contribution in [3.05, 3.63) is 0 Å². The first-order valence-corrected chi connectivity index (χ1v) is 8.23. The molecule has 0 aromatic carbocycles. The molecule has 0 fully saturated rings. The van der Waals surface area contributed by atoms with E-state index >= 15 is 0 Å². The number of carboxylic acids is 2. The Labute approximate surface area is 172 Å². The van der Waals surface area contributed by atoms with Crippen LogP contribution in [0.2, 0.25) is 0 Å². The van der Waals surface area contributed by atoms with E-state index in [0.29, 0.717) is 10.8 Å². The molecule has 4 nitrogen and oxygen atoms in total. The number of hydrogen-bond acceptors (Lipinski definition) is 4. The van der Waals surface area contributed by atoms with Crippen LogP contribution in [0.25, 0.3) is 0 Å². The van der Waals surface area contributed by atoms with Gasteiger partial charge in [0, 0.05) is 11.9 Å². The molecular weight excluding hydrogens is 320 g/mol. The molecule has 0 heterocycles. The average molecular weight is 355 g/mol. The van der Waals surface area contributed by atoms with Gasteiger partial charge in [0.15, 0.2) is 0 Å². The third-order valence-electron chi connectivity index (χ3n) is 3.12. The van der Waals surface area contributed by atoms with E-state index in [1.807, 2.05) is 0 Å². The monoisotopic (exact) mass is 354 g/mol. The summed E-state index contributed by atoms with van der Waals surface area (Å²) in [6.45, 7) is 13.0. The summed E-state index contributed by atoms with van der Waals surface area (Å²) in [5, 5.41) is 20.0. The molecule has 0 atom stereocenters. The van der Waals surface area contributed by atoms with Gasteiger partial charge in [0.25, 0.3) is 0 Å². The Morgan fingerprint density at radius 2 is 0.913 bits per heavy atom. The molecule has 0 amide bonds. The molecule has 23 heavy (non-hydrogen) atoms. The molecule has 5 heteroatoms. The molecule has 0 unspecified atom stereocenters. The van der Waals surface area contributed by atoms with E-state index in [9.17, 15) is 19.8 Å². The zero-order chi connectivity index (χ0) is 17.8. The van der Waals surface area contributed by atoms with Crippen molar-refractivity contribution < 1.29 is 19.8 Å². The molecule has 0 aliphatic rings. The molecule has 0 aromatic rings. The fraction of sp³-hybridized carbons (Fsp3) is 0.889. The molecule has 0 rings (SSSR count). The molecule has 0 aliphatic heterocycles.